The molecular formula is C17H24N2O. The lowest BCUT2D eigenvalue weighted by atomic mass is 9.83. The number of rotatable bonds is 4. The molecule has 20 heavy (non-hydrogen) atoms. The predicted octanol–water partition coefficient (Wildman–Crippen LogP) is 3.11. The molecule has 3 nitrogen and oxygen atoms in total. The summed E-state index contributed by atoms with van der Waals surface area (Å²) in [5, 5.41) is 6.52. The monoisotopic (exact) mass is 272 g/mol. The molecule has 1 aromatic rings. The molecule has 1 aliphatic carbocycles. The number of hydrogen-bond acceptors (Lipinski definition) is 2. The highest BCUT2D eigenvalue weighted by Gasteiger charge is 2.33. The molecule has 0 saturated heterocycles. The molecule has 2 aliphatic rings. The van der Waals surface area contributed by atoms with Crippen LogP contribution < -0.4 is 10.6 Å². The van der Waals surface area contributed by atoms with Crippen LogP contribution >= 0.6 is 0 Å². The number of nitrogens with one attached hydrogen (secondary N) is 2. The van der Waals surface area contributed by atoms with Gasteiger partial charge in [0.25, 0.3) is 0 Å². The van der Waals surface area contributed by atoms with Gasteiger partial charge in [-0.05, 0) is 36.3 Å². The third-order valence-corrected chi connectivity index (χ3v) is 5.14. The zero-order chi connectivity index (χ0) is 14.0. The molecule has 1 fully saturated rings. The fraction of sp³-hybridized carbons (Fsp3) is 0.588. The van der Waals surface area contributed by atoms with E-state index in [1.54, 1.807) is 0 Å². The number of carbonyl (C=O) groups is 1. The van der Waals surface area contributed by atoms with E-state index >= 15 is 0 Å². The first-order valence-corrected chi connectivity index (χ1v) is 7.85. The van der Waals surface area contributed by atoms with Crippen molar-refractivity contribution in [2.24, 2.45) is 5.41 Å². The summed E-state index contributed by atoms with van der Waals surface area (Å²) in [4.78, 5) is 12.4. The Morgan fingerprint density at radius 2 is 2.10 bits per heavy atom. The third-order valence-electron chi connectivity index (χ3n) is 5.14. The van der Waals surface area contributed by atoms with Crippen LogP contribution in [0.3, 0.4) is 0 Å². The maximum atomic E-state index is 12.4. The van der Waals surface area contributed by atoms with Gasteiger partial charge in [0.15, 0.2) is 0 Å². The van der Waals surface area contributed by atoms with Crippen molar-refractivity contribution >= 4 is 11.6 Å². The van der Waals surface area contributed by atoms with Crippen molar-refractivity contribution < 1.29 is 4.79 Å². The van der Waals surface area contributed by atoms with Gasteiger partial charge >= 0.3 is 0 Å². The van der Waals surface area contributed by atoms with Gasteiger partial charge in [0, 0.05) is 18.7 Å². The van der Waals surface area contributed by atoms with Crippen molar-refractivity contribution in [2.45, 2.75) is 51.5 Å². The number of carbonyl (C=O) groups excluding carboxylic acids is 1. The predicted molar refractivity (Wildman–Crippen MR) is 81.8 cm³/mol. The standard InChI is InChI=1S/C17H24N2O/c1-2-17(9-5-6-10-17)12-18-16(20)15-11-13-7-3-4-8-14(13)19-15/h3-4,7-8,15,19H,2,5-6,9-12H2,1H3,(H,18,20). The van der Waals surface area contributed by atoms with Gasteiger partial charge in [0.2, 0.25) is 5.91 Å². The van der Waals surface area contributed by atoms with Crippen LogP contribution in [-0.2, 0) is 11.2 Å². The molecule has 1 aromatic carbocycles. The van der Waals surface area contributed by atoms with Gasteiger partial charge in [-0.3, -0.25) is 4.79 Å². The van der Waals surface area contributed by atoms with Crippen molar-refractivity contribution in [1.29, 1.82) is 0 Å². The molecule has 3 rings (SSSR count). The summed E-state index contributed by atoms with van der Waals surface area (Å²) in [6.45, 7) is 3.10. The van der Waals surface area contributed by atoms with Gasteiger partial charge in [-0.1, -0.05) is 38.0 Å². The molecule has 0 radical (unpaired) electrons. The Kier molecular flexibility index (Phi) is 3.68. The lowest BCUT2D eigenvalue weighted by Gasteiger charge is -2.28. The average Bonchev–Trinajstić information content (AvgIpc) is 3.12. The zero-order valence-electron chi connectivity index (χ0n) is 12.2. The van der Waals surface area contributed by atoms with Gasteiger partial charge in [-0.25, -0.2) is 0 Å². The summed E-state index contributed by atoms with van der Waals surface area (Å²) in [6, 6.07) is 8.10. The summed E-state index contributed by atoms with van der Waals surface area (Å²) in [6.07, 6.45) is 7.14. The number of benzene rings is 1. The van der Waals surface area contributed by atoms with Crippen LogP contribution in [-0.4, -0.2) is 18.5 Å². The van der Waals surface area contributed by atoms with E-state index in [0.717, 1.165) is 18.7 Å². The maximum Gasteiger partial charge on any atom is 0.242 e. The minimum Gasteiger partial charge on any atom is -0.373 e. The average molecular weight is 272 g/mol. The van der Waals surface area contributed by atoms with E-state index in [1.165, 1.54) is 37.7 Å². The van der Waals surface area contributed by atoms with Crippen LogP contribution in [0.2, 0.25) is 0 Å². The minimum absolute atomic E-state index is 0.0947. The number of amides is 1. The maximum absolute atomic E-state index is 12.4. The van der Waals surface area contributed by atoms with E-state index < -0.39 is 0 Å². The van der Waals surface area contributed by atoms with E-state index in [-0.39, 0.29) is 11.9 Å². The second kappa shape index (κ2) is 5.47. The molecule has 1 heterocycles. The molecular weight excluding hydrogens is 248 g/mol. The molecule has 1 amide bonds. The fourth-order valence-corrected chi connectivity index (χ4v) is 3.63. The highest BCUT2D eigenvalue weighted by Crippen LogP contribution is 2.40. The van der Waals surface area contributed by atoms with Crippen LogP contribution in [0.15, 0.2) is 24.3 Å². The molecule has 1 atom stereocenters. The van der Waals surface area contributed by atoms with Crippen molar-refractivity contribution in [3.05, 3.63) is 29.8 Å². The SMILES string of the molecule is CCC1(CNC(=O)C2Cc3ccccc3N2)CCCC1. The van der Waals surface area contributed by atoms with E-state index in [2.05, 4.69) is 23.6 Å². The summed E-state index contributed by atoms with van der Waals surface area (Å²) < 4.78 is 0. The molecule has 0 aromatic heterocycles. The Hall–Kier alpha value is -1.51. The van der Waals surface area contributed by atoms with Gasteiger partial charge in [0.05, 0.1) is 0 Å². The summed E-state index contributed by atoms with van der Waals surface area (Å²) in [5.74, 6) is 0.154. The fourth-order valence-electron chi connectivity index (χ4n) is 3.63. The smallest absolute Gasteiger partial charge is 0.242 e. The number of para-hydroxylation sites is 1. The molecule has 0 spiro atoms. The van der Waals surface area contributed by atoms with E-state index in [4.69, 9.17) is 0 Å². The number of fused-ring (bicyclic) bond motifs is 1. The van der Waals surface area contributed by atoms with Crippen molar-refractivity contribution in [3.8, 4) is 0 Å². The number of hydrogen-bond donors (Lipinski definition) is 2. The van der Waals surface area contributed by atoms with Gasteiger partial charge < -0.3 is 10.6 Å². The van der Waals surface area contributed by atoms with Crippen molar-refractivity contribution in [3.63, 3.8) is 0 Å². The molecule has 3 heteroatoms. The van der Waals surface area contributed by atoms with Crippen LogP contribution in [0.25, 0.3) is 0 Å². The van der Waals surface area contributed by atoms with E-state index in [0.29, 0.717) is 5.41 Å². The Morgan fingerprint density at radius 3 is 2.80 bits per heavy atom. The summed E-state index contributed by atoms with van der Waals surface area (Å²) >= 11 is 0. The zero-order valence-corrected chi connectivity index (χ0v) is 12.2. The third kappa shape index (κ3) is 2.54. The Balaban J connectivity index is 1.56. The minimum atomic E-state index is -0.0947. The lowest BCUT2D eigenvalue weighted by Crippen LogP contribution is -2.43. The van der Waals surface area contributed by atoms with E-state index in [1.807, 2.05) is 18.2 Å². The molecule has 2 N–H and O–H groups in total. The van der Waals surface area contributed by atoms with Gasteiger partial charge in [-0.15, -0.1) is 0 Å². The number of anilines is 1. The Morgan fingerprint density at radius 1 is 1.35 bits per heavy atom. The molecule has 0 bridgehead atoms. The first-order chi connectivity index (χ1) is 9.72. The van der Waals surface area contributed by atoms with Crippen molar-refractivity contribution in [2.75, 3.05) is 11.9 Å². The molecule has 1 unspecified atom stereocenters. The molecule has 1 aliphatic heterocycles. The van der Waals surface area contributed by atoms with Crippen molar-refractivity contribution in [1.82, 2.24) is 5.32 Å². The Bertz CT molecular complexity index is 467. The summed E-state index contributed by atoms with van der Waals surface area (Å²) in [5.41, 5.74) is 2.72. The van der Waals surface area contributed by atoms with Crippen LogP contribution in [0, 0.1) is 5.41 Å². The lowest BCUT2D eigenvalue weighted by molar-refractivity contribution is -0.122. The van der Waals surface area contributed by atoms with Crippen LogP contribution in [0.4, 0.5) is 5.69 Å². The second-order valence-electron chi connectivity index (χ2n) is 6.34. The highest BCUT2D eigenvalue weighted by atomic mass is 16.2. The first-order valence-electron chi connectivity index (χ1n) is 7.85. The second-order valence-corrected chi connectivity index (χ2v) is 6.34. The largest absolute Gasteiger partial charge is 0.373 e. The van der Waals surface area contributed by atoms with E-state index in [9.17, 15) is 4.79 Å². The topological polar surface area (TPSA) is 41.1 Å². The first kappa shape index (κ1) is 13.5. The van der Waals surface area contributed by atoms with Crippen LogP contribution in [0.5, 0.6) is 0 Å². The summed E-state index contributed by atoms with van der Waals surface area (Å²) in [7, 11) is 0. The quantitative estimate of drug-likeness (QED) is 0.884. The van der Waals surface area contributed by atoms with Gasteiger partial charge in [-0.2, -0.15) is 0 Å². The highest BCUT2D eigenvalue weighted by molar-refractivity contribution is 5.87. The molecule has 1 saturated carbocycles. The molecule has 108 valence electrons. The normalized spacial score (nSPS) is 23.1. The Labute approximate surface area is 121 Å². The van der Waals surface area contributed by atoms with Gasteiger partial charge in [0.1, 0.15) is 6.04 Å². The van der Waals surface area contributed by atoms with Crippen LogP contribution in [0.1, 0.15) is 44.6 Å².